The van der Waals surface area contributed by atoms with Crippen LogP contribution in [0.25, 0.3) is 0 Å². The van der Waals surface area contributed by atoms with E-state index in [-0.39, 0.29) is 11.5 Å². The average Bonchev–Trinajstić information content (AvgIpc) is 2.80. The lowest BCUT2D eigenvalue weighted by Gasteiger charge is -2.22. The predicted octanol–water partition coefficient (Wildman–Crippen LogP) is 3.50. The summed E-state index contributed by atoms with van der Waals surface area (Å²) in [6, 6.07) is 3.46. The molecule has 1 fully saturated rings. The molecule has 6 heteroatoms. The molecule has 1 aromatic carbocycles. The van der Waals surface area contributed by atoms with E-state index in [1.165, 1.54) is 6.07 Å². The molecule has 18 heavy (non-hydrogen) atoms. The standard InChI is InChI=1S/C12H13BrF3NO/c13-8-1-2-9(10(5-8)12(14,15)16)11(17)7-3-4-18-6-7/h1-2,5,7,11H,3-4,6,17H2. The van der Waals surface area contributed by atoms with E-state index in [0.29, 0.717) is 24.1 Å². The van der Waals surface area contributed by atoms with Gasteiger partial charge in [0.2, 0.25) is 0 Å². The third kappa shape index (κ3) is 2.87. The van der Waals surface area contributed by atoms with Crippen molar-refractivity contribution in [3.63, 3.8) is 0 Å². The van der Waals surface area contributed by atoms with Crippen molar-refractivity contribution in [3.05, 3.63) is 33.8 Å². The van der Waals surface area contributed by atoms with Gasteiger partial charge in [0.25, 0.3) is 0 Å². The van der Waals surface area contributed by atoms with E-state index in [0.717, 1.165) is 6.07 Å². The molecule has 2 N–H and O–H groups in total. The van der Waals surface area contributed by atoms with E-state index in [1.54, 1.807) is 6.07 Å². The molecule has 0 radical (unpaired) electrons. The maximum atomic E-state index is 13.0. The summed E-state index contributed by atoms with van der Waals surface area (Å²) in [5.74, 6) is -0.0488. The highest BCUT2D eigenvalue weighted by atomic mass is 79.9. The summed E-state index contributed by atoms with van der Waals surface area (Å²) in [5, 5.41) is 0. The first-order chi connectivity index (χ1) is 8.39. The van der Waals surface area contributed by atoms with Crippen LogP contribution < -0.4 is 5.73 Å². The summed E-state index contributed by atoms with van der Waals surface area (Å²) in [6.07, 6.45) is -3.69. The lowest BCUT2D eigenvalue weighted by atomic mass is 9.90. The van der Waals surface area contributed by atoms with Crippen LogP contribution >= 0.6 is 15.9 Å². The van der Waals surface area contributed by atoms with Crippen molar-refractivity contribution in [3.8, 4) is 0 Å². The molecule has 1 heterocycles. The summed E-state index contributed by atoms with van der Waals surface area (Å²) in [5.41, 5.74) is 5.42. The summed E-state index contributed by atoms with van der Waals surface area (Å²) >= 11 is 3.06. The highest BCUT2D eigenvalue weighted by Crippen LogP contribution is 2.38. The fourth-order valence-electron chi connectivity index (χ4n) is 2.15. The predicted molar refractivity (Wildman–Crippen MR) is 65.0 cm³/mol. The van der Waals surface area contributed by atoms with E-state index < -0.39 is 17.8 Å². The first-order valence-electron chi connectivity index (χ1n) is 5.59. The summed E-state index contributed by atoms with van der Waals surface area (Å²) in [7, 11) is 0. The van der Waals surface area contributed by atoms with Crippen molar-refractivity contribution in [2.75, 3.05) is 13.2 Å². The van der Waals surface area contributed by atoms with Crippen LogP contribution in [0.5, 0.6) is 0 Å². The van der Waals surface area contributed by atoms with Gasteiger partial charge in [-0.15, -0.1) is 0 Å². The molecule has 0 amide bonds. The van der Waals surface area contributed by atoms with Crippen molar-refractivity contribution in [2.45, 2.75) is 18.6 Å². The molecule has 1 saturated heterocycles. The van der Waals surface area contributed by atoms with Crippen LogP contribution in [0.3, 0.4) is 0 Å². The Morgan fingerprint density at radius 3 is 2.67 bits per heavy atom. The molecule has 2 unspecified atom stereocenters. The third-order valence-electron chi connectivity index (χ3n) is 3.15. The minimum Gasteiger partial charge on any atom is -0.381 e. The zero-order valence-electron chi connectivity index (χ0n) is 9.51. The Kier molecular flexibility index (Phi) is 3.99. The molecular formula is C12H13BrF3NO. The van der Waals surface area contributed by atoms with Crippen molar-refractivity contribution in [2.24, 2.45) is 11.7 Å². The highest BCUT2D eigenvalue weighted by Gasteiger charge is 2.37. The molecule has 1 aliphatic rings. The topological polar surface area (TPSA) is 35.2 Å². The van der Waals surface area contributed by atoms with E-state index in [4.69, 9.17) is 10.5 Å². The Labute approximate surface area is 111 Å². The number of halogens is 4. The molecule has 0 bridgehead atoms. The van der Waals surface area contributed by atoms with Crippen molar-refractivity contribution < 1.29 is 17.9 Å². The van der Waals surface area contributed by atoms with Crippen molar-refractivity contribution in [1.29, 1.82) is 0 Å². The smallest absolute Gasteiger partial charge is 0.381 e. The number of benzene rings is 1. The first-order valence-corrected chi connectivity index (χ1v) is 6.39. The second kappa shape index (κ2) is 5.19. The van der Waals surface area contributed by atoms with Crippen LogP contribution in [0.15, 0.2) is 22.7 Å². The second-order valence-electron chi connectivity index (χ2n) is 4.38. The Morgan fingerprint density at radius 1 is 1.39 bits per heavy atom. The summed E-state index contributed by atoms with van der Waals surface area (Å²) in [4.78, 5) is 0. The van der Waals surface area contributed by atoms with E-state index in [1.807, 2.05) is 0 Å². The van der Waals surface area contributed by atoms with Gasteiger partial charge in [-0.2, -0.15) is 13.2 Å². The minimum absolute atomic E-state index is 0.0488. The Balaban J connectivity index is 2.37. The number of nitrogens with two attached hydrogens (primary N) is 1. The maximum absolute atomic E-state index is 13.0. The minimum atomic E-state index is -4.39. The van der Waals surface area contributed by atoms with Gasteiger partial charge in [-0.05, 0) is 24.1 Å². The molecule has 2 atom stereocenters. The van der Waals surface area contributed by atoms with Gasteiger partial charge in [0.1, 0.15) is 0 Å². The third-order valence-corrected chi connectivity index (χ3v) is 3.65. The molecule has 1 aromatic rings. The number of rotatable bonds is 2. The van der Waals surface area contributed by atoms with Crippen LogP contribution in [0.1, 0.15) is 23.6 Å². The number of hydrogen-bond donors (Lipinski definition) is 1. The quantitative estimate of drug-likeness (QED) is 0.904. The molecule has 100 valence electrons. The van der Waals surface area contributed by atoms with Crippen LogP contribution in [0.4, 0.5) is 13.2 Å². The van der Waals surface area contributed by atoms with E-state index in [9.17, 15) is 13.2 Å². The Hall–Kier alpha value is -0.590. The van der Waals surface area contributed by atoms with Gasteiger partial charge in [0, 0.05) is 23.0 Å². The fourth-order valence-corrected chi connectivity index (χ4v) is 2.52. The SMILES string of the molecule is NC(c1ccc(Br)cc1C(F)(F)F)C1CCOC1. The van der Waals surface area contributed by atoms with Gasteiger partial charge >= 0.3 is 6.18 Å². The van der Waals surface area contributed by atoms with Gasteiger partial charge in [-0.25, -0.2) is 0 Å². The number of hydrogen-bond acceptors (Lipinski definition) is 2. The lowest BCUT2D eigenvalue weighted by Crippen LogP contribution is -2.25. The van der Waals surface area contributed by atoms with Crippen LogP contribution in [-0.2, 0) is 10.9 Å². The highest BCUT2D eigenvalue weighted by molar-refractivity contribution is 9.10. The molecule has 0 spiro atoms. The zero-order chi connectivity index (χ0) is 13.3. The Morgan fingerprint density at radius 2 is 2.11 bits per heavy atom. The summed E-state index contributed by atoms with van der Waals surface area (Å²) in [6.45, 7) is 0.991. The number of ether oxygens (including phenoxy) is 1. The molecule has 1 aliphatic heterocycles. The average molecular weight is 324 g/mol. The molecule has 0 aliphatic carbocycles. The monoisotopic (exact) mass is 323 g/mol. The molecular weight excluding hydrogens is 311 g/mol. The largest absolute Gasteiger partial charge is 0.416 e. The molecule has 2 nitrogen and oxygen atoms in total. The maximum Gasteiger partial charge on any atom is 0.416 e. The zero-order valence-corrected chi connectivity index (χ0v) is 11.1. The van der Waals surface area contributed by atoms with Crippen molar-refractivity contribution >= 4 is 15.9 Å². The van der Waals surface area contributed by atoms with Crippen molar-refractivity contribution in [1.82, 2.24) is 0 Å². The molecule has 0 saturated carbocycles. The van der Waals surface area contributed by atoms with Gasteiger partial charge in [-0.3, -0.25) is 0 Å². The Bertz CT molecular complexity index is 430. The first kappa shape index (κ1) is 13.8. The van der Waals surface area contributed by atoms with Gasteiger partial charge < -0.3 is 10.5 Å². The van der Waals surface area contributed by atoms with Gasteiger partial charge in [-0.1, -0.05) is 22.0 Å². The second-order valence-corrected chi connectivity index (χ2v) is 5.29. The van der Waals surface area contributed by atoms with Gasteiger partial charge in [0.05, 0.1) is 12.2 Å². The normalized spacial score (nSPS) is 22.2. The van der Waals surface area contributed by atoms with Crippen LogP contribution in [-0.4, -0.2) is 13.2 Å². The molecule has 2 rings (SSSR count). The van der Waals surface area contributed by atoms with E-state index in [2.05, 4.69) is 15.9 Å². The lowest BCUT2D eigenvalue weighted by molar-refractivity contribution is -0.138. The fraction of sp³-hybridized carbons (Fsp3) is 0.500. The van der Waals surface area contributed by atoms with Gasteiger partial charge in [0.15, 0.2) is 0 Å². The van der Waals surface area contributed by atoms with Crippen LogP contribution in [0.2, 0.25) is 0 Å². The molecule has 0 aromatic heterocycles. The van der Waals surface area contributed by atoms with E-state index >= 15 is 0 Å². The number of alkyl halides is 3. The summed E-state index contributed by atoms with van der Waals surface area (Å²) < 4.78 is 44.5. The van der Waals surface area contributed by atoms with Crippen LogP contribution in [0, 0.1) is 5.92 Å².